The number of nitro groups is 1. The van der Waals surface area contributed by atoms with Gasteiger partial charge in [0.05, 0.1) is 19.1 Å². The average molecular weight is 729 g/mol. The lowest BCUT2D eigenvalue weighted by Gasteiger charge is -2.52. The van der Waals surface area contributed by atoms with Gasteiger partial charge >= 0.3 is 23.9 Å². The maximum absolute atomic E-state index is 13.6. The summed E-state index contributed by atoms with van der Waals surface area (Å²) in [5.41, 5.74) is -0.540. The van der Waals surface area contributed by atoms with Crippen LogP contribution >= 0.6 is 0 Å². The summed E-state index contributed by atoms with van der Waals surface area (Å²) in [5, 5.41) is 18.7. The third-order valence-corrected chi connectivity index (χ3v) is 10.9. The Hall–Kier alpha value is -3.82. The summed E-state index contributed by atoms with van der Waals surface area (Å²) < 4.78 is 48.9. The molecule has 1 spiro atoms. The molecule has 3 heterocycles. The minimum Gasteiger partial charge on any atom is -0.496 e. The van der Waals surface area contributed by atoms with Gasteiger partial charge in [0.1, 0.15) is 16.9 Å². The number of rotatable bonds is 10. The SMILES string of the molecule is CCCCC1CN(CC2CCCCC2)C(=O)OC12CCN(C1CCN(C(=O)c3c(OC)ccc([N+](=O)[O-])c3OC)CC1)CC2.O=C(O)C(F)(F)F. The number of likely N-dealkylation sites (tertiary alicyclic amines) is 2. The van der Waals surface area contributed by atoms with Crippen LogP contribution in [0, 0.1) is 22.0 Å². The Bertz CT molecular complexity index is 1370. The normalized spacial score (nSPS) is 21.8. The molecule has 3 saturated heterocycles. The Labute approximate surface area is 296 Å². The van der Waals surface area contributed by atoms with E-state index in [4.69, 9.17) is 24.1 Å². The van der Waals surface area contributed by atoms with Crippen molar-refractivity contribution in [3.63, 3.8) is 0 Å². The molecule has 0 radical (unpaired) electrons. The van der Waals surface area contributed by atoms with E-state index in [-0.39, 0.29) is 40.4 Å². The lowest BCUT2D eigenvalue weighted by atomic mass is 9.75. The van der Waals surface area contributed by atoms with Crippen LogP contribution in [0.2, 0.25) is 0 Å². The number of carboxylic acid groups (broad SMARTS) is 1. The second-order valence-electron chi connectivity index (χ2n) is 14.0. The molecule has 5 rings (SSSR count). The number of benzene rings is 1. The molecule has 286 valence electrons. The molecule has 1 aliphatic carbocycles. The first kappa shape index (κ1) is 40.0. The topological polar surface area (TPSA) is 152 Å². The van der Waals surface area contributed by atoms with E-state index < -0.39 is 17.1 Å². The fraction of sp³-hybridized carbons (Fsp3) is 0.743. The Morgan fingerprint density at radius 3 is 2.20 bits per heavy atom. The third kappa shape index (κ3) is 9.74. The zero-order valence-corrected chi connectivity index (χ0v) is 29.8. The quantitative estimate of drug-likeness (QED) is 0.208. The van der Waals surface area contributed by atoms with Crippen molar-refractivity contribution in [3.8, 4) is 11.5 Å². The zero-order valence-electron chi connectivity index (χ0n) is 29.8. The van der Waals surface area contributed by atoms with Crippen molar-refractivity contribution in [2.75, 3.05) is 53.5 Å². The van der Waals surface area contributed by atoms with Crippen molar-refractivity contribution in [2.24, 2.45) is 11.8 Å². The van der Waals surface area contributed by atoms with Gasteiger partial charge < -0.3 is 29.1 Å². The molecule has 1 N–H and O–H groups in total. The number of carbonyl (C=O) groups excluding carboxylic acids is 2. The highest BCUT2D eigenvalue weighted by molar-refractivity contribution is 6.01. The molecule has 0 bridgehead atoms. The number of alkyl halides is 3. The van der Waals surface area contributed by atoms with Crippen LogP contribution in [-0.4, -0.2) is 114 Å². The fourth-order valence-electron chi connectivity index (χ4n) is 8.11. The molecule has 4 fully saturated rings. The van der Waals surface area contributed by atoms with Crippen LogP contribution in [0.25, 0.3) is 0 Å². The maximum Gasteiger partial charge on any atom is 0.490 e. The molecule has 13 nitrogen and oxygen atoms in total. The number of piperidine rings is 2. The molecule has 1 saturated carbocycles. The highest BCUT2D eigenvalue weighted by Gasteiger charge is 2.50. The molecule has 51 heavy (non-hydrogen) atoms. The highest BCUT2D eigenvalue weighted by atomic mass is 19.4. The van der Waals surface area contributed by atoms with Crippen molar-refractivity contribution in [1.29, 1.82) is 0 Å². The lowest BCUT2D eigenvalue weighted by molar-refractivity contribution is -0.385. The molecule has 1 aromatic rings. The van der Waals surface area contributed by atoms with E-state index in [1.165, 1.54) is 58.5 Å². The number of hydrogen-bond donors (Lipinski definition) is 1. The van der Waals surface area contributed by atoms with Crippen molar-refractivity contribution >= 4 is 23.7 Å². The van der Waals surface area contributed by atoms with Gasteiger partial charge in [-0.1, -0.05) is 39.0 Å². The number of aliphatic carboxylic acids is 1. The minimum absolute atomic E-state index is 0.0697. The molecule has 1 atom stereocenters. The monoisotopic (exact) mass is 728 g/mol. The van der Waals surface area contributed by atoms with Gasteiger partial charge in [-0.15, -0.1) is 0 Å². The van der Waals surface area contributed by atoms with Gasteiger partial charge in [-0.3, -0.25) is 19.8 Å². The number of unbranched alkanes of at least 4 members (excludes halogenated alkanes) is 1. The highest BCUT2D eigenvalue weighted by Crippen LogP contribution is 2.43. The van der Waals surface area contributed by atoms with E-state index >= 15 is 0 Å². The molecule has 2 amide bonds. The Morgan fingerprint density at radius 1 is 1.04 bits per heavy atom. The minimum atomic E-state index is -5.08. The number of amides is 2. The van der Waals surface area contributed by atoms with Crippen molar-refractivity contribution < 1.29 is 51.8 Å². The summed E-state index contributed by atoms with van der Waals surface area (Å²) in [5.74, 6) is -1.91. The number of ether oxygens (including phenoxy) is 3. The third-order valence-electron chi connectivity index (χ3n) is 10.9. The van der Waals surface area contributed by atoms with E-state index in [0.717, 1.165) is 71.1 Å². The number of methoxy groups -OCH3 is 2. The van der Waals surface area contributed by atoms with E-state index in [0.29, 0.717) is 31.0 Å². The van der Waals surface area contributed by atoms with E-state index in [9.17, 15) is 32.9 Å². The Kier molecular flexibility index (Phi) is 13.8. The molecule has 1 unspecified atom stereocenters. The molecule has 0 aromatic heterocycles. The number of halogens is 3. The largest absolute Gasteiger partial charge is 0.496 e. The second-order valence-corrected chi connectivity index (χ2v) is 14.0. The van der Waals surface area contributed by atoms with Crippen LogP contribution in [0.15, 0.2) is 12.1 Å². The van der Waals surface area contributed by atoms with E-state index in [1.54, 1.807) is 4.90 Å². The molecule has 16 heteroatoms. The predicted molar refractivity (Wildman–Crippen MR) is 180 cm³/mol. The number of nitro benzene ring substituents is 1. The number of carbonyl (C=O) groups is 3. The van der Waals surface area contributed by atoms with Crippen molar-refractivity contribution in [2.45, 2.75) is 102 Å². The first-order valence-electron chi connectivity index (χ1n) is 17.9. The molecular formula is C35H51F3N4O9. The summed E-state index contributed by atoms with van der Waals surface area (Å²) in [7, 11) is 2.77. The van der Waals surface area contributed by atoms with Crippen LogP contribution < -0.4 is 9.47 Å². The first-order chi connectivity index (χ1) is 24.2. The summed E-state index contributed by atoms with van der Waals surface area (Å²) in [4.78, 5) is 53.1. The molecule has 3 aliphatic heterocycles. The van der Waals surface area contributed by atoms with Gasteiger partial charge in [-0.25, -0.2) is 9.59 Å². The van der Waals surface area contributed by atoms with Crippen LogP contribution in [0.5, 0.6) is 11.5 Å². The maximum atomic E-state index is 13.6. The van der Waals surface area contributed by atoms with Gasteiger partial charge in [0.25, 0.3) is 5.91 Å². The van der Waals surface area contributed by atoms with Gasteiger partial charge in [0, 0.05) is 70.1 Å². The first-order valence-corrected chi connectivity index (χ1v) is 17.9. The van der Waals surface area contributed by atoms with Crippen LogP contribution in [0.3, 0.4) is 0 Å². The van der Waals surface area contributed by atoms with Crippen LogP contribution in [0.1, 0.15) is 94.3 Å². The number of carboxylic acids is 1. The fourth-order valence-corrected chi connectivity index (χ4v) is 8.11. The zero-order chi connectivity index (χ0) is 37.3. The number of hydrogen-bond acceptors (Lipinski definition) is 9. The standard InChI is InChI=1S/C33H50N4O7.C2HF3O2/c1-4-5-11-25-23-36(22-24-9-7-6-8-10-24)32(39)44-33(25)16-20-34(21-17-33)26-14-18-35(19-15-26)31(38)29-28(42-2)13-12-27(37(40)41)30(29)43-3;3-2(4,5)1(6)7/h12-13,24-26H,4-11,14-23H2,1-3H3;(H,6,7). The summed E-state index contributed by atoms with van der Waals surface area (Å²) in [6.07, 6.45) is 7.82. The lowest BCUT2D eigenvalue weighted by Crippen LogP contribution is -2.61. The Morgan fingerprint density at radius 2 is 1.67 bits per heavy atom. The molecule has 4 aliphatic rings. The van der Waals surface area contributed by atoms with Gasteiger partial charge in [0.15, 0.2) is 0 Å². The smallest absolute Gasteiger partial charge is 0.490 e. The Balaban J connectivity index is 0.000000755. The number of nitrogens with zero attached hydrogens (tertiary/aromatic N) is 4. The molecule has 1 aromatic carbocycles. The average Bonchev–Trinajstić information content (AvgIpc) is 3.12. The predicted octanol–water partition coefficient (Wildman–Crippen LogP) is 6.52. The van der Waals surface area contributed by atoms with Crippen LogP contribution in [0.4, 0.5) is 23.7 Å². The van der Waals surface area contributed by atoms with Crippen LogP contribution in [-0.2, 0) is 9.53 Å². The summed E-state index contributed by atoms with van der Waals surface area (Å²) in [6, 6.07) is 3.08. The van der Waals surface area contributed by atoms with E-state index in [1.807, 2.05) is 4.90 Å². The summed E-state index contributed by atoms with van der Waals surface area (Å²) in [6.45, 7) is 6.74. The van der Waals surface area contributed by atoms with E-state index in [2.05, 4.69) is 11.8 Å². The summed E-state index contributed by atoms with van der Waals surface area (Å²) >= 11 is 0. The van der Waals surface area contributed by atoms with Gasteiger partial charge in [-0.2, -0.15) is 13.2 Å². The van der Waals surface area contributed by atoms with Gasteiger partial charge in [-0.05, 0) is 44.1 Å². The second kappa shape index (κ2) is 17.6. The van der Waals surface area contributed by atoms with Crippen molar-refractivity contribution in [1.82, 2.24) is 14.7 Å². The van der Waals surface area contributed by atoms with Crippen molar-refractivity contribution in [3.05, 3.63) is 27.8 Å². The molecular weight excluding hydrogens is 677 g/mol. The van der Waals surface area contributed by atoms with Gasteiger partial charge in [0.2, 0.25) is 5.75 Å².